The second kappa shape index (κ2) is 9.26. The second-order valence-electron chi connectivity index (χ2n) is 7.02. The van der Waals surface area contributed by atoms with Gasteiger partial charge in [0.05, 0.1) is 12.8 Å². The number of carbonyl (C=O) groups is 2. The highest BCUT2D eigenvalue weighted by Crippen LogP contribution is 2.29. The predicted molar refractivity (Wildman–Crippen MR) is 104 cm³/mol. The third-order valence-corrected chi connectivity index (χ3v) is 5.22. The molecule has 27 heavy (non-hydrogen) atoms. The Bertz CT molecular complexity index is 730. The minimum atomic E-state index is -0.0691. The minimum Gasteiger partial charge on any atom is -0.467 e. The Morgan fingerprint density at radius 2 is 1.96 bits per heavy atom. The molecule has 6 nitrogen and oxygen atoms in total. The monoisotopic (exact) mass is 369 g/mol. The number of amides is 3. The zero-order valence-electron chi connectivity index (χ0n) is 15.7. The maximum absolute atomic E-state index is 12.5. The number of hydrogen-bond acceptors (Lipinski definition) is 3. The van der Waals surface area contributed by atoms with Gasteiger partial charge in [0.1, 0.15) is 5.76 Å². The number of urea groups is 1. The van der Waals surface area contributed by atoms with Crippen LogP contribution < -0.4 is 10.6 Å². The molecule has 6 heteroatoms. The summed E-state index contributed by atoms with van der Waals surface area (Å²) in [6.07, 6.45) is 3.89. The molecule has 1 aliphatic rings. The van der Waals surface area contributed by atoms with Crippen LogP contribution in [0, 0.1) is 11.8 Å². The molecule has 3 amide bonds. The van der Waals surface area contributed by atoms with Crippen molar-refractivity contribution in [3.63, 3.8) is 0 Å². The Kier molecular flexibility index (Phi) is 6.52. The smallest absolute Gasteiger partial charge is 0.321 e. The molecule has 3 rings (SSSR count). The van der Waals surface area contributed by atoms with Crippen LogP contribution in [0.2, 0.25) is 0 Å². The van der Waals surface area contributed by atoms with Gasteiger partial charge in [-0.1, -0.05) is 31.5 Å². The molecule has 2 N–H and O–H groups in total. The van der Waals surface area contributed by atoms with Crippen molar-refractivity contribution in [3.8, 4) is 0 Å². The van der Waals surface area contributed by atoms with Crippen molar-refractivity contribution in [2.24, 2.45) is 11.8 Å². The molecule has 2 heterocycles. The van der Waals surface area contributed by atoms with Crippen LogP contribution in [0.4, 0.5) is 10.5 Å². The van der Waals surface area contributed by atoms with E-state index in [2.05, 4.69) is 17.6 Å². The van der Waals surface area contributed by atoms with E-state index in [1.807, 2.05) is 47.4 Å². The molecule has 1 saturated heterocycles. The van der Waals surface area contributed by atoms with Gasteiger partial charge in [-0.05, 0) is 42.5 Å². The zero-order valence-corrected chi connectivity index (χ0v) is 15.7. The molecule has 1 aromatic carbocycles. The number of para-hydroxylation sites is 1. The summed E-state index contributed by atoms with van der Waals surface area (Å²) in [6.45, 7) is 3.90. The van der Waals surface area contributed by atoms with Gasteiger partial charge in [-0.2, -0.15) is 0 Å². The normalized spacial score (nSPS) is 19.5. The Hall–Kier alpha value is -2.76. The molecular formula is C21H27N3O3. The molecule has 0 saturated carbocycles. The fourth-order valence-electron chi connectivity index (χ4n) is 3.63. The highest BCUT2D eigenvalue weighted by atomic mass is 16.3. The van der Waals surface area contributed by atoms with Crippen LogP contribution in [-0.4, -0.2) is 29.9 Å². The first-order valence-corrected chi connectivity index (χ1v) is 9.55. The van der Waals surface area contributed by atoms with E-state index in [9.17, 15) is 9.59 Å². The molecule has 0 radical (unpaired) electrons. The number of benzene rings is 1. The van der Waals surface area contributed by atoms with Gasteiger partial charge in [0.15, 0.2) is 0 Å². The van der Waals surface area contributed by atoms with Gasteiger partial charge in [0, 0.05) is 25.2 Å². The van der Waals surface area contributed by atoms with E-state index >= 15 is 0 Å². The number of hydrogen-bond donors (Lipinski definition) is 2. The van der Waals surface area contributed by atoms with Gasteiger partial charge >= 0.3 is 6.03 Å². The highest BCUT2D eigenvalue weighted by Gasteiger charge is 2.31. The van der Waals surface area contributed by atoms with E-state index in [0.717, 1.165) is 24.3 Å². The number of carbonyl (C=O) groups excluding carboxylic acids is 2. The van der Waals surface area contributed by atoms with E-state index < -0.39 is 0 Å². The Morgan fingerprint density at radius 3 is 2.67 bits per heavy atom. The number of likely N-dealkylation sites (tertiary alicyclic amines) is 1. The molecule has 0 spiro atoms. The standard InChI is InChI=1S/C21H27N3O3/c1-2-16-15-24(21(26)23-18-7-4-3-5-8-18)11-10-17(16)13-20(25)22-14-19-9-6-12-27-19/h3-9,12,16-17H,2,10-11,13-15H2,1H3,(H,22,25)(H,23,26). The highest BCUT2D eigenvalue weighted by molar-refractivity contribution is 5.89. The van der Waals surface area contributed by atoms with Crippen LogP contribution in [-0.2, 0) is 11.3 Å². The Balaban J connectivity index is 1.48. The predicted octanol–water partition coefficient (Wildman–Crippen LogP) is 3.87. The van der Waals surface area contributed by atoms with E-state index in [0.29, 0.717) is 37.9 Å². The second-order valence-corrected chi connectivity index (χ2v) is 7.02. The summed E-state index contributed by atoms with van der Waals surface area (Å²) in [6, 6.07) is 13.1. The maximum atomic E-state index is 12.5. The molecule has 1 aliphatic heterocycles. The first kappa shape index (κ1) is 19.0. The molecule has 2 atom stereocenters. The van der Waals surface area contributed by atoms with E-state index in [-0.39, 0.29) is 11.9 Å². The third-order valence-electron chi connectivity index (χ3n) is 5.22. The van der Waals surface area contributed by atoms with Crippen LogP contribution in [0.15, 0.2) is 53.1 Å². The minimum absolute atomic E-state index is 0.0389. The van der Waals surface area contributed by atoms with Gasteiger partial charge in [-0.3, -0.25) is 4.79 Å². The number of anilines is 1. The summed E-state index contributed by atoms with van der Waals surface area (Å²) in [5.74, 6) is 1.42. The van der Waals surface area contributed by atoms with Crippen molar-refractivity contribution < 1.29 is 14.0 Å². The molecule has 1 aromatic heterocycles. The molecule has 2 unspecified atom stereocenters. The van der Waals surface area contributed by atoms with Crippen molar-refractivity contribution in [1.29, 1.82) is 0 Å². The van der Waals surface area contributed by atoms with Gasteiger partial charge in [-0.25, -0.2) is 4.79 Å². The van der Waals surface area contributed by atoms with Crippen LogP contribution in [0.25, 0.3) is 0 Å². The summed E-state index contributed by atoms with van der Waals surface area (Å²) >= 11 is 0. The lowest BCUT2D eigenvalue weighted by Crippen LogP contribution is -2.46. The number of nitrogens with zero attached hydrogens (tertiary/aromatic N) is 1. The largest absolute Gasteiger partial charge is 0.467 e. The van der Waals surface area contributed by atoms with Gasteiger partial charge in [-0.15, -0.1) is 0 Å². The zero-order chi connectivity index (χ0) is 19.1. The van der Waals surface area contributed by atoms with Crippen molar-refractivity contribution in [1.82, 2.24) is 10.2 Å². The van der Waals surface area contributed by atoms with E-state index in [1.54, 1.807) is 6.26 Å². The quantitative estimate of drug-likeness (QED) is 0.812. The number of nitrogens with one attached hydrogen (secondary N) is 2. The topological polar surface area (TPSA) is 74.6 Å². The summed E-state index contributed by atoms with van der Waals surface area (Å²) in [5.41, 5.74) is 0.801. The van der Waals surface area contributed by atoms with Crippen molar-refractivity contribution in [2.45, 2.75) is 32.7 Å². The fourth-order valence-corrected chi connectivity index (χ4v) is 3.63. The van der Waals surface area contributed by atoms with Crippen molar-refractivity contribution in [2.75, 3.05) is 18.4 Å². The van der Waals surface area contributed by atoms with Crippen molar-refractivity contribution >= 4 is 17.6 Å². The number of furan rings is 1. The summed E-state index contributed by atoms with van der Waals surface area (Å²) in [7, 11) is 0. The Labute approximate surface area is 159 Å². The molecule has 1 fully saturated rings. The summed E-state index contributed by atoms with van der Waals surface area (Å²) < 4.78 is 5.24. The first-order valence-electron chi connectivity index (χ1n) is 9.55. The first-order chi connectivity index (χ1) is 13.2. The Morgan fingerprint density at radius 1 is 1.15 bits per heavy atom. The van der Waals surface area contributed by atoms with Crippen LogP contribution in [0.1, 0.15) is 31.9 Å². The maximum Gasteiger partial charge on any atom is 0.321 e. The lowest BCUT2D eigenvalue weighted by Gasteiger charge is -2.38. The lowest BCUT2D eigenvalue weighted by atomic mass is 9.81. The molecule has 2 aromatic rings. The fraction of sp³-hybridized carbons (Fsp3) is 0.429. The third kappa shape index (κ3) is 5.36. The summed E-state index contributed by atoms with van der Waals surface area (Å²) in [5, 5.41) is 5.86. The SMILES string of the molecule is CCC1CN(C(=O)Nc2ccccc2)CCC1CC(=O)NCc1ccco1. The number of piperidine rings is 1. The van der Waals surface area contributed by atoms with Crippen LogP contribution >= 0.6 is 0 Å². The van der Waals surface area contributed by atoms with Crippen LogP contribution in [0.3, 0.4) is 0 Å². The van der Waals surface area contributed by atoms with Gasteiger partial charge < -0.3 is 20.0 Å². The lowest BCUT2D eigenvalue weighted by molar-refractivity contribution is -0.123. The molecule has 0 bridgehead atoms. The molecule has 144 valence electrons. The van der Waals surface area contributed by atoms with Gasteiger partial charge in [0.25, 0.3) is 0 Å². The van der Waals surface area contributed by atoms with Gasteiger partial charge in [0.2, 0.25) is 5.91 Å². The molecule has 0 aliphatic carbocycles. The van der Waals surface area contributed by atoms with E-state index in [1.165, 1.54) is 0 Å². The average molecular weight is 369 g/mol. The average Bonchev–Trinajstić information content (AvgIpc) is 3.21. The molecular weight excluding hydrogens is 342 g/mol. The van der Waals surface area contributed by atoms with Crippen LogP contribution in [0.5, 0.6) is 0 Å². The van der Waals surface area contributed by atoms with E-state index in [4.69, 9.17) is 4.42 Å². The number of rotatable bonds is 6. The summed E-state index contributed by atoms with van der Waals surface area (Å²) in [4.78, 5) is 26.7. The van der Waals surface area contributed by atoms with Crippen molar-refractivity contribution in [3.05, 3.63) is 54.5 Å².